The third kappa shape index (κ3) is 9.04. The summed E-state index contributed by atoms with van der Waals surface area (Å²) in [6, 6.07) is 28.6. The van der Waals surface area contributed by atoms with Gasteiger partial charge in [-0.05, 0) is 72.6 Å². The second-order valence-electron chi connectivity index (χ2n) is 12.0. The van der Waals surface area contributed by atoms with Crippen LogP contribution >= 0.6 is 0 Å². The van der Waals surface area contributed by atoms with Crippen molar-refractivity contribution in [3.8, 4) is 11.8 Å². The van der Waals surface area contributed by atoms with Gasteiger partial charge in [0.25, 0.3) is 0 Å². The van der Waals surface area contributed by atoms with E-state index in [0.717, 1.165) is 49.7 Å². The van der Waals surface area contributed by atoms with Crippen LogP contribution in [0.5, 0.6) is 11.8 Å². The van der Waals surface area contributed by atoms with E-state index in [4.69, 9.17) is 9.47 Å². The first kappa shape index (κ1) is 29.0. The molecule has 0 spiro atoms. The minimum Gasteiger partial charge on any atom is -0.375 e. The first-order valence-electron chi connectivity index (χ1n) is 14.0. The monoisotopic (exact) mass is 536 g/mol. The third-order valence-electron chi connectivity index (χ3n) is 7.26. The van der Waals surface area contributed by atoms with Crippen molar-refractivity contribution in [2.75, 3.05) is 0 Å². The van der Waals surface area contributed by atoms with E-state index in [1.54, 1.807) is 12.4 Å². The summed E-state index contributed by atoms with van der Waals surface area (Å²) < 4.78 is 11.3. The predicted octanol–water partition coefficient (Wildman–Crippen LogP) is 8.46. The van der Waals surface area contributed by atoms with E-state index in [0.29, 0.717) is 0 Å². The van der Waals surface area contributed by atoms with E-state index < -0.39 is 6.16 Å². The van der Waals surface area contributed by atoms with Gasteiger partial charge < -0.3 is 9.47 Å². The van der Waals surface area contributed by atoms with Crippen molar-refractivity contribution in [1.29, 1.82) is 0 Å². The van der Waals surface area contributed by atoms with E-state index in [9.17, 15) is 4.79 Å². The lowest BCUT2D eigenvalue weighted by Crippen LogP contribution is -2.21. The van der Waals surface area contributed by atoms with Crippen molar-refractivity contribution < 1.29 is 14.3 Å². The van der Waals surface area contributed by atoms with Gasteiger partial charge in [0.15, 0.2) is 0 Å². The molecule has 0 bridgehead atoms. The molecule has 0 fully saturated rings. The molecule has 0 aliphatic heterocycles. The van der Waals surface area contributed by atoms with Gasteiger partial charge in [-0.15, -0.1) is 0 Å². The standard InChI is InChI=1S/C35H40N2O3/c1-34(2,21-19-27-13-7-5-8-14-27)25-29-17-11-23-36-31(29)39-33(38)40-32-30(18-12-24-37-32)26-35(3,4)22-20-28-15-9-6-10-16-28/h5-18,23-24H,19-22,25-26H2,1-4H3. The lowest BCUT2D eigenvalue weighted by molar-refractivity contribution is 0.146. The van der Waals surface area contributed by atoms with Crippen molar-refractivity contribution in [3.63, 3.8) is 0 Å². The number of aryl methyl sites for hydroxylation is 2. The van der Waals surface area contributed by atoms with Crippen LogP contribution < -0.4 is 9.47 Å². The average Bonchev–Trinajstić information content (AvgIpc) is 2.94. The second-order valence-corrected chi connectivity index (χ2v) is 12.0. The number of carbonyl (C=O) groups is 1. The van der Waals surface area contributed by atoms with Gasteiger partial charge in [0.2, 0.25) is 11.8 Å². The summed E-state index contributed by atoms with van der Waals surface area (Å²) in [5.41, 5.74) is 4.36. The summed E-state index contributed by atoms with van der Waals surface area (Å²) in [5, 5.41) is 0. The predicted molar refractivity (Wildman–Crippen MR) is 160 cm³/mol. The zero-order valence-corrected chi connectivity index (χ0v) is 24.1. The first-order valence-corrected chi connectivity index (χ1v) is 14.0. The van der Waals surface area contributed by atoms with Crippen LogP contribution in [-0.2, 0) is 25.7 Å². The maximum Gasteiger partial charge on any atom is 0.522 e. The quantitative estimate of drug-likeness (QED) is 0.170. The molecule has 0 saturated carbocycles. The first-order chi connectivity index (χ1) is 19.2. The molecule has 0 amide bonds. The summed E-state index contributed by atoms with van der Waals surface area (Å²) >= 11 is 0. The molecular formula is C35H40N2O3. The molecule has 5 heteroatoms. The van der Waals surface area contributed by atoms with Crippen LogP contribution in [0.2, 0.25) is 0 Å². The maximum absolute atomic E-state index is 12.9. The number of benzene rings is 2. The van der Waals surface area contributed by atoms with Gasteiger partial charge in [0.1, 0.15) is 0 Å². The molecule has 0 unspecified atom stereocenters. The van der Waals surface area contributed by atoms with Crippen molar-refractivity contribution in [2.45, 2.75) is 66.2 Å². The van der Waals surface area contributed by atoms with Gasteiger partial charge >= 0.3 is 6.16 Å². The molecule has 0 atom stereocenters. The summed E-state index contributed by atoms with van der Waals surface area (Å²) in [5.74, 6) is 0.557. The number of ether oxygens (including phenoxy) is 2. The molecule has 40 heavy (non-hydrogen) atoms. The molecule has 4 aromatic rings. The van der Waals surface area contributed by atoms with Gasteiger partial charge in [-0.3, -0.25) is 0 Å². The van der Waals surface area contributed by atoms with Crippen LogP contribution in [0.3, 0.4) is 0 Å². The largest absolute Gasteiger partial charge is 0.522 e. The third-order valence-corrected chi connectivity index (χ3v) is 7.26. The normalized spacial score (nSPS) is 11.7. The summed E-state index contributed by atoms with van der Waals surface area (Å²) in [4.78, 5) is 21.6. The highest BCUT2D eigenvalue weighted by Crippen LogP contribution is 2.33. The molecule has 208 valence electrons. The molecule has 2 heterocycles. The summed E-state index contributed by atoms with van der Waals surface area (Å²) in [6.45, 7) is 8.91. The topological polar surface area (TPSA) is 61.3 Å². The Hall–Kier alpha value is -3.99. The Morgan fingerprint density at radius 2 is 1.00 bits per heavy atom. The summed E-state index contributed by atoms with van der Waals surface area (Å²) in [6.07, 6.45) is 7.83. The van der Waals surface area contributed by atoms with Crippen LogP contribution in [-0.4, -0.2) is 16.1 Å². The van der Waals surface area contributed by atoms with E-state index in [2.05, 4.69) is 86.2 Å². The van der Waals surface area contributed by atoms with E-state index >= 15 is 0 Å². The Balaban J connectivity index is 1.37. The minimum absolute atomic E-state index is 0.0135. The van der Waals surface area contributed by atoms with E-state index in [1.165, 1.54) is 11.1 Å². The van der Waals surface area contributed by atoms with Gasteiger partial charge in [0, 0.05) is 23.5 Å². The molecule has 5 nitrogen and oxygen atoms in total. The van der Waals surface area contributed by atoms with Crippen LogP contribution in [0.4, 0.5) is 4.79 Å². The van der Waals surface area contributed by atoms with Crippen LogP contribution in [0.15, 0.2) is 97.3 Å². The second kappa shape index (κ2) is 13.4. The maximum atomic E-state index is 12.9. The van der Waals surface area contributed by atoms with Crippen LogP contribution in [0.1, 0.15) is 62.8 Å². The Morgan fingerprint density at radius 1 is 0.600 bits per heavy atom. The molecule has 4 rings (SSSR count). The highest BCUT2D eigenvalue weighted by molar-refractivity contribution is 5.66. The number of carbonyl (C=O) groups excluding carboxylic acids is 1. The van der Waals surface area contributed by atoms with Gasteiger partial charge in [-0.1, -0.05) is 100 Å². The van der Waals surface area contributed by atoms with Crippen molar-refractivity contribution in [1.82, 2.24) is 9.97 Å². The van der Waals surface area contributed by atoms with Crippen LogP contribution in [0.25, 0.3) is 0 Å². The smallest absolute Gasteiger partial charge is 0.375 e. The molecule has 0 saturated heterocycles. The molecule has 2 aromatic carbocycles. The number of rotatable bonds is 12. The highest BCUT2D eigenvalue weighted by atomic mass is 16.7. The highest BCUT2D eigenvalue weighted by Gasteiger charge is 2.25. The zero-order chi connectivity index (χ0) is 28.4. The fraction of sp³-hybridized carbons (Fsp3) is 0.343. The number of pyridine rings is 2. The minimum atomic E-state index is -0.830. The Kier molecular flexibility index (Phi) is 9.70. The Bertz CT molecular complexity index is 1260. The number of nitrogens with zero attached hydrogens (tertiary/aromatic N) is 2. The number of aromatic nitrogens is 2. The zero-order valence-electron chi connectivity index (χ0n) is 24.1. The lowest BCUT2D eigenvalue weighted by atomic mass is 9.81. The lowest BCUT2D eigenvalue weighted by Gasteiger charge is -2.26. The van der Waals surface area contributed by atoms with E-state index in [1.807, 2.05) is 36.4 Å². The number of hydrogen-bond donors (Lipinski definition) is 0. The average molecular weight is 537 g/mol. The fourth-order valence-electron chi connectivity index (χ4n) is 4.94. The molecular weight excluding hydrogens is 496 g/mol. The molecule has 0 aliphatic carbocycles. The molecule has 0 radical (unpaired) electrons. The fourth-order valence-corrected chi connectivity index (χ4v) is 4.94. The van der Waals surface area contributed by atoms with Gasteiger partial charge in [0.05, 0.1) is 0 Å². The Labute approximate surface area is 238 Å². The van der Waals surface area contributed by atoms with Crippen LogP contribution in [0, 0.1) is 10.8 Å². The van der Waals surface area contributed by atoms with Gasteiger partial charge in [-0.2, -0.15) is 0 Å². The Morgan fingerprint density at radius 3 is 1.40 bits per heavy atom. The number of hydrogen-bond acceptors (Lipinski definition) is 5. The van der Waals surface area contributed by atoms with Crippen molar-refractivity contribution >= 4 is 6.16 Å². The van der Waals surface area contributed by atoms with Crippen molar-refractivity contribution in [3.05, 3.63) is 120 Å². The SMILES string of the molecule is CC(C)(CCc1ccccc1)Cc1cccnc1OC(=O)Oc1ncccc1CC(C)(C)CCc1ccccc1. The van der Waals surface area contributed by atoms with Crippen molar-refractivity contribution in [2.24, 2.45) is 10.8 Å². The molecule has 2 aromatic heterocycles. The van der Waals surface area contributed by atoms with E-state index in [-0.39, 0.29) is 22.6 Å². The van der Waals surface area contributed by atoms with Gasteiger partial charge in [-0.25, -0.2) is 14.8 Å². The molecule has 0 aliphatic rings. The summed E-state index contributed by atoms with van der Waals surface area (Å²) in [7, 11) is 0. The molecule has 0 N–H and O–H groups in total.